The van der Waals surface area contributed by atoms with E-state index in [1.165, 1.54) is 7.11 Å². The van der Waals surface area contributed by atoms with Gasteiger partial charge in [-0.15, -0.1) is 0 Å². The van der Waals surface area contributed by atoms with Crippen molar-refractivity contribution in [1.82, 2.24) is 4.90 Å². The minimum atomic E-state index is -3.06. The number of carbonyl (C=O) groups excluding carboxylic acids is 3. The van der Waals surface area contributed by atoms with Crippen LogP contribution in [0.5, 0.6) is 5.75 Å². The molecular weight excluding hydrogens is 682 g/mol. The number of nitrogens with one attached hydrogen (secondary N) is 1. The Kier molecular flexibility index (Phi) is 10.4. The smallest absolute Gasteiger partial charge is 0.264 e. The van der Waals surface area contributed by atoms with E-state index in [9.17, 15) is 44.7 Å². The summed E-state index contributed by atoms with van der Waals surface area (Å²) < 4.78 is 17.4. The van der Waals surface area contributed by atoms with Crippen LogP contribution in [0.2, 0.25) is 18.6 Å². The summed E-state index contributed by atoms with van der Waals surface area (Å²) in [6.45, 7) is 5.87. The van der Waals surface area contributed by atoms with E-state index in [1.807, 2.05) is 6.92 Å². The Morgan fingerprint density at radius 2 is 1.82 bits per heavy atom. The first-order chi connectivity index (χ1) is 24.1. The van der Waals surface area contributed by atoms with Crippen molar-refractivity contribution in [2.45, 2.75) is 99.8 Å². The number of rotatable bonds is 9. The molecule has 3 amide bonds. The summed E-state index contributed by atoms with van der Waals surface area (Å²) in [4.78, 5) is 56.3. The van der Waals surface area contributed by atoms with Crippen LogP contribution >= 0.6 is 0 Å². The van der Waals surface area contributed by atoms with E-state index in [0.29, 0.717) is 35.5 Å². The van der Waals surface area contributed by atoms with E-state index in [-0.39, 0.29) is 43.1 Å². The molecular formula is C35H47N3O12Si. The van der Waals surface area contributed by atoms with E-state index in [2.05, 4.69) is 5.32 Å². The fourth-order valence-electron chi connectivity index (χ4n) is 8.41. The van der Waals surface area contributed by atoms with E-state index in [1.54, 1.807) is 65.4 Å². The first kappa shape index (κ1) is 37.3. The number of hydrogen-bond donors (Lipinski definition) is 7. The van der Waals surface area contributed by atoms with Crippen LogP contribution in [0, 0.1) is 5.92 Å². The van der Waals surface area contributed by atoms with Crippen LogP contribution in [-0.2, 0) is 36.0 Å². The van der Waals surface area contributed by atoms with E-state index in [4.69, 9.17) is 14.2 Å². The van der Waals surface area contributed by atoms with Crippen molar-refractivity contribution in [3.63, 3.8) is 0 Å². The van der Waals surface area contributed by atoms with Crippen LogP contribution in [-0.4, -0.2) is 124 Å². The monoisotopic (exact) mass is 729 g/mol. The van der Waals surface area contributed by atoms with Crippen LogP contribution < -0.4 is 15.0 Å². The quantitative estimate of drug-likeness (QED) is 0.172. The molecule has 2 aromatic carbocycles. The minimum Gasteiger partial charge on any atom is -0.497 e. The van der Waals surface area contributed by atoms with Gasteiger partial charge in [-0.25, -0.2) is 0 Å². The molecule has 0 unspecified atom stereocenters. The molecule has 0 radical (unpaired) electrons. The third-order valence-corrected chi connectivity index (χ3v) is 13.4. The Hall–Kier alpha value is -3.45. The number of methoxy groups -OCH3 is 1. The van der Waals surface area contributed by atoms with Crippen LogP contribution in [0.1, 0.15) is 37.3 Å². The highest BCUT2D eigenvalue weighted by atomic mass is 28.4. The first-order valence-corrected chi connectivity index (χ1v) is 20.2. The molecule has 4 heterocycles. The van der Waals surface area contributed by atoms with Gasteiger partial charge in [0.15, 0.2) is 26.3 Å². The number of benzene rings is 2. The molecule has 3 saturated heterocycles. The van der Waals surface area contributed by atoms with Gasteiger partial charge in [0.2, 0.25) is 5.91 Å². The second-order valence-electron chi connectivity index (χ2n) is 14.5. The van der Waals surface area contributed by atoms with Gasteiger partial charge in [0, 0.05) is 29.3 Å². The standard InChI is InChI=1S/C35H47N3O12Si/c1-18-31(51(3,4)47)25(15-26(40)37-12-6-9-21(37)17-39)50-35(18)23-14-22(48-2)10-11-24(23)38(34(35)46)16-19-7-5-8-20(13-19)36-32(44)30-28(42)27(41)29(43)33(45)49-30/h5,7-8,10-11,13-14,18,21,25,27-31,33,39,41-43,45,47H,6,9,12,15-17H2,1-4H3,(H,36,44)/t18-,21+,25+,27+,28+,29-,30+,31-,33-,35+/m1/s1. The minimum absolute atomic E-state index is 0.0477. The Labute approximate surface area is 296 Å². The van der Waals surface area contributed by atoms with Crippen molar-refractivity contribution < 1.29 is 58.9 Å². The number of hydrogen-bond acceptors (Lipinski definition) is 12. The average Bonchev–Trinajstić information content (AvgIpc) is 3.75. The van der Waals surface area contributed by atoms with Gasteiger partial charge in [0.25, 0.3) is 11.8 Å². The molecule has 16 heteroatoms. The largest absolute Gasteiger partial charge is 0.497 e. The molecule has 0 aromatic heterocycles. The van der Waals surface area contributed by atoms with E-state index >= 15 is 0 Å². The molecule has 6 rings (SSSR count). The SMILES string of the molecule is COc1ccc2c(c1)[C@]1(O[C@@H](CC(=O)N3CCC[C@H]3CO)[C@H]([Si](C)(C)O)[C@H]1C)C(=O)N2Cc1cccc(NC(=O)[C@H]2O[C@@H](O)[C@H](O)[C@@H](O)[C@@H]2O)c1. The summed E-state index contributed by atoms with van der Waals surface area (Å²) in [5, 5.41) is 52.4. The highest BCUT2D eigenvalue weighted by Crippen LogP contribution is 2.60. The summed E-state index contributed by atoms with van der Waals surface area (Å²) in [5.74, 6) is -1.47. The van der Waals surface area contributed by atoms with Gasteiger partial charge in [0.05, 0.1) is 44.5 Å². The number of likely N-dealkylation sites (tertiary alicyclic amines) is 1. The summed E-state index contributed by atoms with van der Waals surface area (Å²) in [7, 11) is -1.54. The van der Waals surface area contributed by atoms with Gasteiger partial charge in [-0.3, -0.25) is 14.4 Å². The molecule has 0 aliphatic carbocycles. The van der Waals surface area contributed by atoms with Crippen molar-refractivity contribution in [2.75, 3.05) is 30.5 Å². The molecule has 3 fully saturated rings. The lowest BCUT2D eigenvalue weighted by Gasteiger charge is -2.37. The number of fused-ring (bicyclic) bond motifs is 2. The maximum atomic E-state index is 14.8. The van der Waals surface area contributed by atoms with Crippen molar-refractivity contribution >= 4 is 37.4 Å². The molecule has 7 N–H and O–H groups in total. The lowest BCUT2D eigenvalue weighted by Crippen LogP contribution is -2.60. The molecule has 2 aromatic rings. The molecule has 10 atom stereocenters. The number of aliphatic hydroxyl groups excluding tert-OH is 5. The second-order valence-corrected chi connectivity index (χ2v) is 18.5. The van der Waals surface area contributed by atoms with Gasteiger partial charge >= 0.3 is 0 Å². The lowest BCUT2D eigenvalue weighted by atomic mass is 9.82. The first-order valence-electron chi connectivity index (χ1n) is 17.2. The predicted molar refractivity (Wildman–Crippen MR) is 184 cm³/mol. The fraction of sp³-hybridized carbons (Fsp3) is 0.571. The van der Waals surface area contributed by atoms with Gasteiger partial charge < -0.3 is 59.7 Å². The van der Waals surface area contributed by atoms with Gasteiger partial charge in [-0.05, 0) is 61.8 Å². The highest BCUT2D eigenvalue weighted by Gasteiger charge is 2.66. The van der Waals surface area contributed by atoms with Gasteiger partial charge in [0.1, 0.15) is 24.1 Å². The van der Waals surface area contributed by atoms with Crippen LogP contribution in [0.4, 0.5) is 11.4 Å². The fourth-order valence-corrected chi connectivity index (χ4v) is 11.0. The Morgan fingerprint density at radius 1 is 1.08 bits per heavy atom. The van der Waals surface area contributed by atoms with E-state index < -0.39 is 68.1 Å². The van der Waals surface area contributed by atoms with Crippen LogP contribution in [0.15, 0.2) is 42.5 Å². The van der Waals surface area contributed by atoms with Crippen molar-refractivity contribution in [3.05, 3.63) is 53.6 Å². The molecule has 4 aliphatic heterocycles. The number of aliphatic hydroxyl groups is 5. The predicted octanol–water partition coefficient (Wildman–Crippen LogP) is 0.152. The lowest BCUT2D eigenvalue weighted by molar-refractivity contribution is -0.274. The van der Waals surface area contributed by atoms with Crippen LogP contribution in [0.3, 0.4) is 0 Å². The van der Waals surface area contributed by atoms with Crippen molar-refractivity contribution in [1.29, 1.82) is 0 Å². The third-order valence-electron chi connectivity index (χ3n) is 10.9. The molecule has 1 spiro atoms. The van der Waals surface area contributed by atoms with E-state index in [0.717, 1.165) is 6.42 Å². The third kappa shape index (κ3) is 6.57. The van der Waals surface area contributed by atoms with Gasteiger partial charge in [-0.2, -0.15) is 0 Å². The number of nitrogens with zero attached hydrogens (tertiary/aromatic N) is 2. The maximum absolute atomic E-state index is 14.8. The Balaban J connectivity index is 1.29. The summed E-state index contributed by atoms with van der Waals surface area (Å²) >= 11 is 0. The summed E-state index contributed by atoms with van der Waals surface area (Å²) in [6.07, 6.45) is -8.28. The van der Waals surface area contributed by atoms with Gasteiger partial charge in [-0.1, -0.05) is 19.1 Å². The topological polar surface area (TPSA) is 219 Å². The zero-order valence-corrected chi connectivity index (χ0v) is 30.0. The Bertz CT molecular complexity index is 1660. The normalized spacial score (nSPS) is 33.5. The van der Waals surface area contributed by atoms with Crippen molar-refractivity contribution in [3.8, 4) is 5.75 Å². The summed E-state index contributed by atoms with van der Waals surface area (Å²) in [6, 6.07) is 11.6. The highest BCUT2D eigenvalue weighted by molar-refractivity contribution is 6.71. The summed E-state index contributed by atoms with van der Waals surface area (Å²) in [5.41, 5.74) is -0.0333. The maximum Gasteiger partial charge on any atom is 0.264 e. The zero-order chi connectivity index (χ0) is 37.0. The number of ether oxygens (including phenoxy) is 3. The van der Waals surface area contributed by atoms with Crippen molar-refractivity contribution in [2.24, 2.45) is 5.92 Å². The molecule has 278 valence electrons. The Morgan fingerprint density at radius 3 is 2.51 bits per heavy atom. The molecule has 4 aliphatic rings. The number of amides is 3. The average molecular weight is 730 g/mol. The molecule has 51 heavy (non-hydrogen) atoms. The van der Waals surface area contributed by atoms with Crippen LogP contribution in [0.25, 0.3) is 0 Å². The number of anilines is 2. The zero-order valence-electron chi connectivity index (χ0n) is 29.0. The number of carbonyl (C=O) groups is 3. The molecule has 0 bridgehead atoms. The second kappa shape index (κ2) is 14.2. The molecule has 15 nitrogen and oxygen atoms in total. The molecule has 0 saturated carbocycles.